The molecule has 0 aromatic heterocycles. The van der Waals surface area contributed by atoms with Crippen LogP contribution in [0.2, 0.25) is 0 Å². The summed E-state index contributed by atoms with van der Waals surface area (Å²) in [6.07, 6.45) is 1.60. The van der Waals surface area contributed by atoms with Crippen molar-refractivity contribution in [2.45, 2.75) is 13.5 Å². The Morgan fingerprint density at radius 1 is 1.14 bits per heavy atom. The summed E-state index contributed by atoms with van der Waals surface area (Å²) in [6.45, 7) is 2.43. The number of rotatable bonds is 6. The molecule has 3 aromatic carbocycles. The molecule has 0 aliphatic heterocycles. The summed E-state index contributed by atoms with van der Waals surface area (Å²) in [4.78, 5) is 12.0. The number of nitrogens with zero attached hydrogens (tertiary/aromatic N) is 1. The number of hydrazone groups is 1. The number of para-hydroxylation sites is 1. The number of benzene rings is 3. The molecule has 0 unspecified atom stereocenters. The Bertz CT molecular complexity index is 1020. The zero-order valence-electron chi connectivity index (χ0n) is 15.7. The maximum absolute atomic E-state index is 12.0. The highest BCUT2D eigenvalue weighted by Crippen LogP contribution is 2.23. The van der Waals surface area contributed by atoms with Gasteiger partial charge in [0.05, 0.1) is 9.78 Å². The average Bonchev–Trinajstić information content (AvgIpc) is 2.70. The Morgan fingerprint density at radius 2 is 1.90 bits per heavy atom. The van der Waals surface area contributed by atoms with Gasteiger partial charge >= 0.3 is 6.03 Å². The van der Waals surface area contributed by atoms with Gasteiger partial charge in [0.2, 0.25) is 0 Å². The lowest BCUT2D eigenvalue weighted by atomic mass is 10.2. The number of carbonyl (C=O) groups is 1. The van der Waals surface area contributed by atoms with E-state index in [-0.39, 0.29) is 6.03 Å². The molecule has 29 heavy (non-hydrogen) atoms. The molecule has 3 aromatic rings. The quantitative estimate of drug-likeness (QED) is 0.216. The van der Waals surface area contributed by atoms with Crippen LogP contribution < -0.4 is 15.5 Å². The summed E-state index contributed by atoms with van der Waals surface area (Å²) in [5, 5.41) is 6.77. The van der Waals surface area contributed by atoms with Crippen LogP contribution in [0.25, 0.3) is 0 Å². The van der Waals surface area contributed by atoms with Crippen LogP contribution in [-0.4, -0.2) is 12.2 Å². The molecule has 0 aliphatic carbocycles. The van der Waals surface area contributed by atoms with Gasteiger partial charge in [0.15, 0.2) is 0 Å². The van der Waals surface area contributed by atoms with Crippen LogP contribution in [0.5, 0.6) is 5.75 Å². The highest BCUT2D eigenvalue weighted by molar-refractivity contribution is 14.1. The van der Waals surface area contributed by atoms with Crippen LogP contribution in [-0.2, 0) is 6.61 Å². The number of halogens is 2. The fraction of sp³-hybridized carbons (Fsp3) is 0.0909. The lowest BCUT2D eigenvalue weighted by Crippen LogP contribution is -2.24. The fourth-order valence-electron chi connectivity index (χ4n) is 2.49. The minimum Gasteiger partial charge on any atom is -0.488 e. The molecule has 0 radical (unpaired) electrons. The standard InChI is InChI=1S/C22H19BrIN3O2/c1-15-4-2-3-5-20(15)26-22(28)27-25-13-17-8-11-21(19(24)12-17)29-14-16-6-9-18(23)10-7-16/h2-13H,14H2,1H3,(H2,26,27,28). The second-order valence-electron chi connectivity index (χ2n) is 6.24. The molecule has 148 valence electrons. The van der Waals surface area contributed by atoms with E-state index in [9.17, 15) is 4.79 Å². The van der Waals surface area contributed by atoms with Gasteiger partial charge in [-0.05, 0) is 82.6 Å². The van der Waals surface area contributed by atoms with E-state index in [4.69, 9.17) is 4.74 Å². The van der Waals surface area contributed by atoms with E-state index in [1.807, 2.05) is 73.7 Å². The molecular formula is C22H19BrIN3O2. The summed E-state index contributed by atoms with van der Waals surface area (Å²) in [5.41, 5.74) is 6.17. The van der Waals surface area contributed by atoms with Crippen LogP contribution in [0, 0.1) is 10.5 Å². The van der Waals surface area contributed by atoms with E-state index in [2.05, 4.69) is 54.4 Å². The van der Waals surface area contributed by atoms with E-state index in [0.29, 0.717) is 6.61 Å². The minimum absolute atomic E-state index is 0.389. The zero-order valence-corrected chi connectivity index (χ0v) is 19.4. The first-order valence-electron chi connectivity index (χ1n) is 8.84. The molecular weight excluding hydrogens is 545 g/mol. The largest absolute Gasteiger partial charge is 0.488 e. The zero-order chi connectivity index (χ0) is 20.6. The molecule has 5 nitrogen and oxygen atoms in total. The number of ether oxygens (including phenoxy) is 1. The predicted octanol–water partition coefficient (Wildman–Crippen LogP) is 6.10. The Hall–Kier alpha value is -2.39. The second kappa shape index (κ2) is 10.4. The lowest BCUT2D eigenvalue weighted by Gasteiger charge is -2.09. The average molecular weight is 564 g/mol. The Kier molecular flexibility index (Phi) is 7.65. The van der Waals surface area contributed by atoms with E-state index in [1.165, 1.54) is 0 Å². The first kappa shape index (κ1) is 21.3. The van der Waals surface area contributed by atoms with Crippen LogP contribution in [0.3, 0.4) is 0 Å². The van der Waals surface area contributed by atoms with Crippen molar-refractivity contribution in [3.8, 4) is 5.75 Å². The normalized spacial score (nSPS) is 10.7. The van der Waals surface area contributed by atoms with E-state index < -0.39 is 0 Å². The highest BCUT2D eigenvalue weighted by Gasteiger charge is 2.04. The number of anilines is 1. The molecule has 7 heteroatoms. The van der Waals surface area contributed by atoms with Crippen molar-refractivity contribution in [3.05, 3.63) is 91.5 Å². The fourth-order valence-corrected chi connectivity index (χ4v) is 3.44. The van der Waals surface area contributed by atoms with E-state index in [1.54, 1.807) is 6.21 Å². The molecule has 3 rings (SSSR count). The van der Waals surface area contributed by atoms with Gasteiger partial charge in [0.25, 0.3) is 0 Å². The van der Waals surface area contributed by atoms with Crippen LogP contribution in [0.4, 0.5) is 10.5 Å². The van der Waals surface area contributed by atoms with Crippen molar-refractivity contribution in [1.82, 2.24) is 5.43 Å². The number of hydrogen-bond acceptors (Lipinski definition) is 3. The third-order valence-corrected chi connectivity index (χ3v) is 5.41. The number of amides is 2. The molecule has 0 saturated heterocycles. The van der Waals surface area contributed by atoms with Gasteiger partial charge in [-0.2, -0.15) is 5.10 Å². The van der Waals surface area contributed by atoms with Crippen molar-refractivity contribution in [3.63, 3.8) is 0 Å². The highest BCUT2D eigenvalue weighted by atomic mass is 127. The number of aryl methyl sites for hydroxylation is 1. The number of carbonyl (C=O) groups excluding carboxylic acids is 1. The summed E-state index contributed by atoms with van der Waals surface area (Å²) < 4.78 is 7.90. The van der Waals surface area contributed by atoms with Gasteiger partial charge < -0.3 is 10.1 Å². The predicted molar refractivity (Wildman–Crippen MR) is 129 cm³/mol. The molecule has 0 aliphatic rings. The molecule has 0 heterocycles. The SMILES string of the molecule is Cc1ccccc1NC(=O)NN=Cc1ccc(OCc2ccc(Br)cc2)c(I)c1. The summed E-state index contributed by atoms with van der Waals surface area (Å²) in [5.74, 6) is 0.802. The van der Waals surface area contributed by atoms with Gasteiger partial charge in [-0.25, -0.2) is 10.2 Å². The third kappa shape index (κ3) is 6.57. The molecule has 0 spiro atoms. The van der Waals surface area contributed by atoms with Crippen molar-refractivity contribution < 1.29 is 9.53 Å². The summed E-state index contributed by atoms with van der Waals surface area (Å²) in [7, 11) is 0. The lowest BCUT2D eigenvalue weighted by molar-refractivity contribution is 0.252. The van der Waals surface area contributed by atoms with Gasteiger partial charge in [0.1, 0.15) is 12.4 Å². The second-order valence-corrected chi connectivity index (χ2v) is 8.32. The maximum atomic E-state index is 12.0. The maximum Gasteiger partial charge on any atom is 0.339 e. The van der Waals surface area contributed by atoms with Gasteiger partial charge in [-0.15, -0.1) is 0 Å². The van der Waals surface area contributed by atoms with Crippen molar-refractivity contribution in [1.29, 1.82) is 0 Å². The third-order valence-electron chi connectivity index (χ3n) is 4.04. The topological polar surface area (TPSA) is 62.7 Å². The van der Waals surface area contributed by atoms with Gasteiger partial charge in [-0.1, -0.05) is 46.3 Å². The first-order chi connectivity index (χ1) is 14.0. The summed E-state index contributed by atoms with van der Waals surface area (Å²) in [6, 6.07) is 20.9. The minimum atomic E-state index is -0.389. The van der Waals surface area contributed by atoms with Crippen LogP contribution in [0.1, 0.15) is 16.7 Å². The van der Waals surface area contributed by atoms with Gasteiger partial charge in [0, 0.05) is 10.2 Å². The molecule has 0 bridgehead atoms. The van der Waals surface area contributed by atoms with Gasteiger partial charge in [-0.3, -0.25) is 0 Å². The molecule has 0 saturated carbocycles. The summed E-state index contributed by atoms with van der Waals surface area (Å²) >= 11 is 5.65. The first-order valence-corrected chi connectivity index (χ1v) is 10.7. The smallest absolute Gasteiger partial charge is 0.339 e. The van der Waals surface area contributed by atoms with Crippen LogP contribution in [0.15, 0.2) is 76.3 Å². The van der Waals surface area contributed by atoms with Crippen molar-refractivity contribution in [2.24, 2.45) is 5.10 Å². The monoisotopic (exact) mass is 563 g/mol. The molecule has 0 atom stereocenters. The van der Waals surface area contributed by atoms with Crippen molar-refractivity contribution >= 4 is 56.5 Å². The Morgan fingerprint density at radius 3 is 2.62 bits per heavy atom. The number of nitrogens with one attached hydrogen (secondary N) is 2. The molecule has 2 N–H and O–H groups in total. The Balaban J connectivity index is 1.53. The molecule has 0 fully saturated rings. The number of hydrogen-bond donors (Lipinski definition) is 2. The van der Waals surface area contributed by atoms with E-state index in [0.717, 1.165) is 36.2 Å². The van der Waals surface area contributed by atoms with Crippen molar-refractivity contribution in [2.75, 3.05) is 5.32 Å². The van der Waals surface area contributed by atoms with Crippen LogP contribution >= 0.6 is 38.5 Å². The Labute approximate surface area is 191 Å². The molecule has 2 amide bonds. The number of urea groups is 1. The van der Waals surface area contributed by atoms with E-state index >= 15 is 0 Å².